The van der Waals surface area contributed by atoms with Gasteiger partial charge in [0.25, 0.3) is 10.0 Å². The molecule has 2 saturated carbocycles. The summed E-state index contributed by atoms with van der Waals surface area (Å²) in [6.45, 7) is 21.4. The minimum Gasteiger partial charge on any atom is -0.299 e. The lowest BCUT2D eigenvalue weighted by molar-refractivity contribution is -0.128. The maximum absolute atomic E-state index is 13.0. The summed E-state index contributed by atoms with van der Waals surface area (Å²) < 4.78 is 145. The Morgan fingerprint density at radius 3 is 0.948 bits per heavy atom. The van der Waals surface area contributed by atoms with Crippen LogP contribution in [0.5, 0.6) is 0 Å². The van der Waals surface area contributed by atoms with Crippen LogP contribution in [0.4, 0.5) is 0 Å². The van der Waals surface area contributed by atoms with E-state index in [0.717, 1.165) is 109 Å². The maximum Gasteiger partial charge on any atom is 0.358 e. The van der Waals surface area contributed by atoms with Crippen LogP contribution >= 0.6 is 58.8 Å². The van der Waals surface area contributed by atoms with Crippen molar-refractivity contribution >= 4 is 168 Å². The van der Waals surface area contributed by atoms with Gasteiger partial charge in [0.1, 0.15) is 71.1 Å². The average Bonchev–Trinajstić information content (AvgIpc) is 1.55. The van der Waals surface area contributed by atoms with Crippen molar-refractivity contribution < 1.29 is 64.0 Å². The minimum atomic E-state index is -3.98. The Labute approximate surface area is 813 Å². The summed E-state index contributed by atoms with van der Waals surface area (Å²) in [5.74, 6) is -0.0144. The minimum absolute atomic E-state index is 0.0281. The highest BCUT2D eigenvalue weighted by atomic mass is 32.2. The number of nitriles is 5. The van der Waals surface area contributed by atoms with E-state index >= 15 is 0 Å². The Kier molecular flexibility index (Phi) is 37.4. The highest BCUT2D eigenvalue weighted by Gasteiger charge is 2.65. The lowest BCUT2D eigenvalue weighted by Crippen LogP contribution is -2.41. The van der Waals surface area contributed by atoms with E-state index in [0.29, 0.717) is 93.5 Å². The van der Waals surface area contributed by atoms with Gasteiger partial charge in [0.2, 0.25) is 0 Å². The van der Waals surface area contributed by atoms with Gasteiger partial charge < -0.3 is 0 Å². The highest BCUT2D eigenvalue weighted by Crippen LogP contribution is 2.64. The number of hydrogen-bond donors (Lipinski definition) is 0. The molecule has 7 aromatic carbocycles. The number of carbonyl (C=O) groups excluding carboxylic acids is 1. The number of unbranched alkanes of at least 4 members (excludes halogenated alkanes) is 5. The maximum atomic E-state index is 13.0. The summed E-state index contributed by atoms with van der Waals surface area (Å²) in [5, 5.41) is 64.6. The number of oxime groups is 4. The van der Waals surface area contributed by atoms with Gasteiger partial charge in [0, 0.05) is 30.9 Å². The monoisotopic (exact) mass is 2000 g/mol. The van der Waals surface area contributed by atoms with Gasteiger partial charge in [-0.15, -0.1) is 0 Å². The van der Waals surface area contributed by atoms with Crippen LogP contribution in [0, 0.1) is 122 Å². The molecule has 2 atom stereocenters. The van der Waals surface area contributed by atoms with Crippen molar-refractivity contribution in [3.63, 3.8) is 0 Å². The zero-order valence-electron chi connectivity index (χ0n) is 75.9. The van der Waals surface area contributed by atoms with E-state index in [9.17, 15) is 73.2 Å². The fourth-order valence-corrected chi connectivity index (χ4v) is 24.4. The molecule has 0 spiro atoms. The molecule has 698 valence electrons. The number of allylic oxidation sites excluding steroid dienone is 10. The molecule has 2 unspecified atom stereocenters. The van der Waals surface area contributed by atoms with Crippen LogP contribution < -0.4 is 0 Å². The summed E-state index contributed by atoms with van der Waals surface area (Å²) in [6, 6.07) is 61.8. The molecule has 7 aromatic rings. The first-order valence-electron chi connectivity index (χ1n) is 42.7. The van der Waals surface area contributed by atoms with Crippen LogP contribution in [0.1, 0.15) is 159 Å². The molecular formula is C100H98N10O15S10. The third kappa shape index (κ3) is 28.4. The largest absolute Gasteiger partial charge is 0.358 e. The van der Waals surface area contributed by atoms with Crippen LogP contribution in [-0.2, 0) is 72.4 Å². The lowest BCUT2D eigenvalue weighted by atomic mass is 9.70. The number of nitrogens with zero attached hydrogens (tertiary/aromatic N) is 10. The van der Waals surface area contributed by atoms with E-state index in [1.165, 1.54) is 89.5 Å². The standard InChI is InChI=1S/C23H24N2O3S2.C21H26N2O3S2.2C20H16N2O3S2.C16H16N2O3S2/c1-15-6-4-5-7-17(15)18(13-24)19-8-9-21(29-19)25-30(27,28)14-23-11-10-16(12-20(23)26)22(23,2)3;1-3-4-5-6-7-10-15-28(24,25)26-23-21-14-13-20(27-21)19(16-22)18-12-9-8-11-17(18)2;2*1-14-7-9-16(10-8-14)27(23,24)25-22-20-12-11-19(26-20)18(13-21)17-6-4-3-5-15(17)2;1-3-10-23(19,20)21-18-16-9-8-15(22-16)14(11-17)13-7-5-4-6-12(13)2/h4-9,16H,10-12,14H2,1-3H3;8-9,11-14H,3-7,10,15H2,1-2H3;2*3-12H,1-2H3;4-9H,3,10H2,1-2H3/b19-18+,25-21?;20-19+,23-21?;2*19-18+,22-20?;15-14+,18-16?. The molecule has 0 N–H and O–H groups in total. The number of carbonyl (C=O) groups is 1. The number of sulfonamides is 1. The van der Waals surface area contributed by atoms with Gasteiger partial charge in [0.05, 0.1) is 50.5 Å². The molecule has 0 saturated heterocycles. The molecule has 0 radical (unpaired) electrons. The number of hydrogen-bond acceptors (Lipinski definition) is 29. The van der Waals surface area contributed by atoms with Gasteiger partial charge in [-0.1, -0.05) is 296 Å². The van der Waals surface area contributed by atoms with E-state index in [1.54, 1.807) is 91.9 Å². The second-order valence-corrected chi connectivity index (χ2v) is 45.5. The Morgan fingerprint density at radius 2 is 0.659 bits per heavy atom. The topological polar surface area (TPSA) is 405 Å². The number of benzene rings is 7. The first-order valence-corrected chi connectivity index (χ1v) is 54.3. The smallest absolute Gasteiger partial charge is 0.299 e. The van der Waals surface area contributed by atoms with Gasteiger partial charge >= 0.3 is 40.5 Å². The second kappa shape index (κ2) is 48.0. The molecule has 2 fully saturated rings. The van der Waals surface area contributed by atoms with Gasteiger partial charge in [-0.05, 0) is 226 Å². The highest BCUT2D eigenvalue weighted by molar-refractivity contribution is 8.19. The Morgan fingerprint density at radius 1 is 0.370 bits per heavy atom. The molecule has 35 heteroatoms. The summed E-state index contributed by atoms with van der Waals surface area (Å²) in [6.07, 6.45) is 25.3. The first kappa shape index (κ1) is 105. The number of rotatable bonds is 27. The molecule has 14 rings (SSSR count). The normalized spacial score (nSPS) is 20.1. The summed E-state index contributed by atoms with van der Waals surface area (Å²) in [4.78, 5) is 16.3. The van der Waals surface area contributed by atoms with Crippen LogP contribution in [-0.4, -0.2) is 90.3 Å². The number of ketones is 1. The second-order valence-electron chi connectivity index (χ2n) is 32.2. The van der Waals surface area contributed by atoms with Crippen molar-refractivity contribution in [3.8, 4) is 30.3 Å². The summed E-state index contributed by atoms with van der Waals surface area (Å²) >= 11 is 6.01. The third-order valence-electron chi connectivity index (χ3n) is 22.4. The number of aryl methyl sites for hydroxylation is 7. The van der Waals surface area contributed by atoms with E-state index in [4.69, 9.17) is 12.9 Å². The molecule has 2 aliphatic carbocycles. The predicted molar refractivity (Wildman–Crippen MR) is 544 cm³/mol. The number of Topliss-reactive ketones (excluding diaryl/α,β-unsaturated/α-hetero) is 1. The van der Waals surface area contributed by atoms with E-state index < -0.39 is 55.9 Å². The van der Waals surface area contributed by atoms with Crippen molar-refractivity contribution in [1.82, 2.24) is 0 Å². The molecule has 2 bridgehead atoms. The predicted octanol–water partition coefficient (Wildman–Crippen LogP) is 22.9. The fraction of sp³-hybridized carbons (Fsp3) is 0.270. The van der Waals surface area contributed by atoms with Crippen LogP contribution in [0.25, 0.3) is 27.9 Å². The molecule has 5 heterocycles. The quantitative estimate of drug-likeness (QED) is 0.0262. The Bertz CT molecular complexity index is 6890. The molecule has 0 amide bonds. The van der Waals surface area contributed by atoms with Crippen molar-refractivity contribution in [3.05, 3.63) is 322 Å². The Balaban J connectivity index is 0.000000175. The van der Waals surface area contributed by atoms with E-state index in [-0.39, 0.29) is 44.2 Å². The van der Waals surface area contributed by atoms with Crippen LogP contribution in [0.15, 0.2) is 290 Å². The number of thioether (sulfide) groups is 5. The number of fused-ring (bicyclic) bond motifs is 2. The van der Waals surface area contributed by atoms with Gasteiger partial charge in [-0.25, -0.2) is 8.42 Å². The summed E-state index contributed by atoms with van der Waals surface area (Å²) in [7, 11) is -19.1. The molecule has 0 aromatic heterocycles. The van der Waals surface area contributed by atoms with Crippen LogP contribution in [0.3, 0.4) is 0 Å². The summed E-state index contributed by atoms with van der Waals surface area (Å²) in [5.41, 5.74) is 12.5. The Hall–Kier alpha value is -11.9. The zero-order valence-corrected chi connectivity index (χ0v) is 84.1. The van der Waals surface area contributed by atoms with Crippen LogP contribution in [0.2, 0.25) is 0 Å². The SMILES string of the molecule is CCCCCCCCS(=O)(=O)ON=C1C=C/C(=C(/C#N)c2ccccc2C)S1.CCCS(=O)(=O)ON=C1C=C/C(=C(/C#N)c2ccccc2C)S1.Cc1ccc(S(=O)(=O)ON=C2C=C/C(=C(/C#N)c3ccccc3C)S2)cc1.Cc1ccc(S(=O)(=O)ON=C2C=C/C(=C(/C#N)c3ccccc3C)S2)cc1.Cc1ccccc1/C(C#N)=C1\C=CC(=NS(=O)(=O)CC23CCC(CC2=O)C3(C)C)S1. The molecule has 7 aliphatic rings. The van der Waals surface area contributed by atoms with Crippen molar-refractivity contribution in [1.29, 1.82) is 26.3 Å². The zero-order chi connectivity index (χ0) is 97.9. The van der Waals surface area contributed by atoms with Gasteiger partial charge in [0.15, 0.2) is 0 Å². The van der Waals surface area contributed by atoms with E-state index in [2.05, 4.69) is 66.6 Å². The molecule has 25 nitrogen and oxygen atoms in total. The average molecular weight is 2000 g/mol. The lowest BCUT2D eigenvalue weighted by Gasteiger charge is -2.35. The first-order chi connectivity index (χ1) is 64.3. The molecular weight excluding hydrogens is 1900 g/mol. The molecule has 5 aliphatic heterocycles. The fourth-order valence-electron chi connectivity index (χ4n) is 14.9. The van der Waals surface area contributed by atoms with Crippen molar-refractivity contribution in [2.24, 2.45) is 41.8 Å². The third-order valence-corrected chi connectivity index (χ3v) is 33.3. The van der Waals surface area contributed by atoms with Crippen molar-refractivity contribution in [2.75, 3.05) is 17.3 Å². The molecule has 135 heavy (non-hydrogen) atoms. The van der Waals surface area contributed by atoms with E-state index in [1.807, 2.05) is 184 Å². The van der Waals surface area contributed by atoms with Gasteiger partial charge in [-0.2, -0.15) is 64.4 Å². The van der Waals surface area contributed by atoms with Gasteiger partial charge in [-0.3, -0.25) is 21.9 Å². The van der Waals surface area contributed by atoms with Crippen molar-refractivity contribution in [2.45, 2.75) is 150 Å².